The minimum atomic E-state index is -0.121. The van der Waals surface area contributed by atoms with E-state index in [1.165, 1.54) is 6.20 Å². The molecule has 0 bridgehead atoms. The van der Waals surface area contributed by atoms with Gasteiger partial charge in [-0.15, -0.1) is 0 Å². The third-order valence-corrected chi connectivity index (χ3v) is 4.36. The third-order valence-electron chi connectivity index (χ3n) is 4.36. The molecule has 2 aromatic carbocycles. The molecule has 1 N–H and O–H groups in total. The Hall–Kier alpha value is -3.21. The lowest BCUT2D eigenvalue weighted by molar-refractivity contribution is 0.0684. The maximum atomic E-state index is 12.9. The van der Waals surface area contributed by atoms with Crippen molar-refractivity contribution in [1.29, 1.82) is 0 Å². The van der Waals surface area contributed by atoms with Gasteiger partial charge in [0.05, 0.1) is 12.4 Å². The molecule has 1 aromatic heterocycles. The van der Waals surface area contributed by atoms with E-state index in [0.29, 0.717) is 18.1 Å². The summed E-state index contributed by atoms with van der Waals surface area (Å²) in [5, 5.41) is 3.23. The van der Waals surface area contributed by atoms with Crippen molar-refractivity contribution < 1.29 is 4.79 Å². The summed E-state index contributed by atoms with van der Waals surface area (Å²) in [5.41, 5.74) is 3.52. The summed E-state index contributed by atoms with van der Waals surface area (Å²) < 4.78 is 0. The van der Waals surface area contributed by atoms with Gasteiger partial charge in [-0.3, -0.25) is 4.79 Å². The van der Waals surface area contributed by atoms with E-state index in [-0.39, 0.29) is 11.9 Å². The number of nitrogens with one attached hydrogen (secondary N) is 1. The van der Waals surface area contributed by atoms with Crippen LogP contribution in [-0.4, -0.2) is 26.8 Å². The highest BCUT2D eigenvalue weighted by Gasteiger charge is 2.20. The monoisotopic (exact) mass is 360 g/mol. The summed E-state index contributed by atoms with van der Waals surface area (Å²) in [6, 6.07) is 18.0. The Labute approximate surface area is 160 Å². The van der Waals surface area contributed by atoms with Crippen molar-refractivity contribution in [2.75, 3.05) is 5.32 Å². The van der Waals surface area contributed by atoms with Crippen LogP contribution < -0.4 is 5.32 Å². The van der Waals surface area contributed by atoms with Gasteiger partial charge >= 0.3 is 0 Å². The van der Waals surface area contributed by atoms with Gasteiger partial charge in [0.15, 0.2) is 0 Å². The first-order valence-electron chi connectivity index (χ1n) is 9.04. The highest BCUT2D eigenvalue weighted by atomic mass is 16.2. The molecule has 5 heteroatoms. The van der Waals surface area contributed by atoms with Gasteiger partial charge in [-0.05, 0) is 38.0 Å². The quantitative estimate of drug-likeness (QED) is 0.699. The number of para-hydroxylation sites is 1. The first kappa shape index (κ1) is 18.6. The topological polar surface area (TPSA) is 58.1 Å². The fraction of sp³-hybridized carbons (Fsp3) is 0.227. The fourth-order valence-electron chi connectivity index (χ4n) is 2.77. The number of carbonyl (C=O) groups is 1. The number of benzene rings is 2. The SMILES string of the molecule is Cc1ccccc1Nc1cnc(C(=O)N(Cc2ccccc2)C(C)C)cn1. The third kappa shape index (κ3) is 4.70. The summed E-state index contributed by atoms with van der Waals surface area (Å²) in [4.78, 5) is 23.4. The lowest BCUT2D eigenvalue weighted by Gasteiger charge is -2.26. The summed E-state index contributed by atoms with van der Waals surface area (Å²) in [5.74, 6) is 0.490. The van der Waals surface area contributed by atoms with Gasteiger partial charge in [-0.1, -0.05) is 48.5 Å². The predicted octanol–water partition coefficient (Wildman–Crippen LogP) is 4.58. The van der Waals surface area contributed by atoms with E-state index in [1.54, 1.807) is 11.1 Å². The average molecular weight is 360 g/mol. The Balaban J connectivity index is 1.74. The van der Waals surface area contributed by atoms with Gasteiger partial charge in [-0.2, -0.15) is 0 Å². The van der Waals surface area contributed by atoms with Crippen LogP contribution in [-0.2, 0) is 6.54 Å². The van der Waals surface area contributed by atoms with Crippen molar-refractivity contribution >= 4 is 17.4 Å². The Kier molecular flexibility index (Phi) is 5.81. The molecule has 1 heterocycles. The zero-order chi connectivity index (χ0) is 19.2. The molecule has 0 radical (unpaired) electrons. The van der Waals surface area contributed by atoms with E-state index in [4.69, 9.17) is 0 Å². The molecule has 3 aromatic rings. The molecule has 0 saturated heterocycles. The van der Waals surface area contributed by atoms with E-state index in [2.05, 4.69) is 15.3 Å². The van der Waals surface area contributed by atoms with Gasteiger partial charge in [0.25, 0.3) is 5.91 Å². The number of anilines is 2. The maximum absolute atomic E-state index is 12.9. The molecule has 0 unspecified atom stereocenters. The summed E-state index contributed by atoms with van der Waals surface area (Å²) in [6.07, 6.45) is 3.13. The van der Waals surface area contributed by atoms with E-state index >= 15 is 0 Å². The Morgan fingerprint density at radius 3 is 2.33 bits per heavy atom. The van der Waals surface area contributed by atoms with Crippen molar-refractivity contribution in [3.05, 3.63) is 83.8 Å². The molecule has 27 heavy (non-hydrogen) atoms. The van der Waals surface area contributed by atoms with E-state index in [9.17, 15) is 4.79 Å². The van der Waals surface area contributed by atoms with E-state index < -0.39 is 0 Å². The molecule has 0 fully saturated rings. The van der Waals surface area contributed by atoms with E-state index in [1.807, 2.05) is 75.4 Å². The fourth-order valence-corrected chi connectivity index (χ4v) is 2.77. The van der Waals surface area contributed by atoms with Crippen LogP contribution in [0.25, 0.3) is 0 Å². The summed E-state index contributed by atoms with van der Waals surface area (Å²) in [7, 11) is 0. The van der Waals surface area contributed by atoms with Crippen molar-refractivity contribution in [2.24, 2.45) is 0 Å². The predicted molar refractivity (Wildman–Crippen MR) is 108 cm³/mol. The first-order chi connectivity index (χ1) is 13.0. The molecule has 3 rings (SSSR count). The molecule has 0 aliphatic heterocycles. The first-order valence-corrected chi connectivity index (χ1v) is 9.04. The second-order valence-corrected chi connectivity index (χ2v) is 6.74. The number of aromatic nitrogens is 2. The van der Waals surface area contributed by atoms with Crippen LogP contribution in [0.15, 0.2) is 67.0 Å². The number of hydrogen-bond donors (Lipinski definition) is 1. The largest absolute Gasteiger partial charge is 0.339 e. The summed E-state index contributed by atoms with van der Waals surface area (Å²) >= 11 is 0. The van der Waals surface area contributed by atoms with Crippen molar-refractivity contribution in [2.45, 2.75) is 33.4 Å². The number of carbonyl (C=O) groups excluding carboxylic acids is 1. The highest BCUT2D eigenvalue weighted by molar-refractivity contribution is 5.92. The Bertz CT molecular complexity index is 892. The Morgan fingerprint density at radius 2 is 1.70 bits per heavy atom. The molecule has 138 valence electrons. The number of rotatable bonds is 6. The zero-order valence-corrected chi connectivity index (χ0v) is 15.9. The van der Waals surface area contributed by atoms with Crippen molar-refractivity contribution in [3.8, 4) is 0 Å². The summed E-state index contributed by atoms with van der Waals surface area (Å²) in [6.45, 7) is 6.57. The van der Waals surface area contributed by atoms with Crippen molar-refractivity contribution in [1.82, 2.24) is 14.9 Å². The molecular weight excluding hydrogens is 336 g/mol. The van der Waals surface area contributed by atoms with Crippen LogP contribution in [0.3, 0.4) is 0 Å². The van der Waals surface area contributed by atoms with Crippen LogP contribution in [0.5, 0.6) is 0 Å². The highest BCUT2D eigenvalue weighted by Crippen LogP contribution is 2.18. The molecule has 0 saturated carbocycles. The zero-order valence-electron chi connectivity index (χ0n) is 15.9. The molecular formula is C22H24N4O. The van der Waals surface area contributed by atoms with Gasteiger partial charge in [0.1, 0.15) is 11.5 Å². The van der Waals surface area contributed by atoms with Gasteiger partial charge in [0.2, 0.25) is 0 Å². The average Bonchev–Trinajstić information content (AvgIpc) is 2.68. The van der Waals surface area contributed by atoms with Crippen LogP contribution in [0.4, 0.5) is 11.5 Å². The van der Waals surface area contributed by atoms with Crippen LogP contribution >= 0.6 is 0 Å². The normalized spacial score (nSPS) is 10.7. The van der Waals surface area contributed by atoms with Crippen LogP contribution in [0.1, 0.15) is 35.5 Å². The molecule has 5 nitrogen and oxygen atoms in total. The number of amides is 1. The van der Waals surface area contributed by atoms with Gasteiger partial charge in [-0.25, -0.2) is 9.97 Å². The lowest BCUT2D eigenvalue weighted by Crippen LogP contribution is -2.36. The lowest BCUT2D eigenvalue weighted by atomic mass is 10.2. The van der Waals surface area contributed by atoms with E-state index in [0.717, 1.165) is 16.8 Å². The molecule has 0 spiro atoms. The number of hydrogen-bond acceptors (Lipinski definition) is 4. The molecule has 1 amide bonds. The standard InChI is InChI=1S/C22H24N4O/c1-16(2)26(15-18-10-5-4-6-11-18)22(27)20-13-24-21(14-23-20)25-19-12-8-7-9-17(19)3/h4-14,16H,15H2,1-3H3,(H,24,25). The number of aryl methyl sites for hydroxylation is 1. The van der Waals surface area contributed by atoms with Crippen molar-refractivity contribution in [3.63, 3.8) is 0 Å². The smallest absolute Gasteiger partial charge is 0.274 e. The minimum Gasteiger partial charge on any atom is -0.339 e. The van der Waals surface area contributed by atoms with Gasteiger partial charge in [0, 0.05) is 18.3 Å². The van der Waals surface area contributed by atoms with Crippen LogP contribution in [0.2, 0.25) is 0 Å². The molecule has 0 aliphatic rings. The second-order valence-electron chi connectivity index (χ2n) is 6.74. The maximum Gasteiger partial charge on any atom is 0.274 e. The second kappa shape index (κ2) is 8.45. The molecule has 0 aliphatic carbocycles. The van der Waals surface area contributed by atoms with Crippen LogP contribution in [0, 0.1) is 6.92 Å². The van der Waals surface area contributed by atoms with Gasteiger partial charge < -0.3 is 10.2 Å². The number of nitrogens with zero attached hydrogens (tertiary/aromatic N) is 3. The minimum absolute atomic E-state index is 0.0595. The Morgan fingerprint density at radius 1 is 1.00 bits per heavy atom. The molecule has 0 atom stereocenters.